The van der Waals surface area contributed by atoms with Gasteiger partial charge in [0.2, 0.25) is 0 Å². The van der Waals surface area contributed by atoms with Crippen molar-refractivity contribution in [1.29, 1.82) is 5.26 Å². The minimum atomic E-state index is -2.87. The number of hydrogen-bond donors (Lipinski definition) is 0. The first kappa shape index (κ1) is 22.1. The molecular formula is C25H22ClF2N7. The highest BCUT2D eigenvalue weighted by Crippen LogP contribution is 2.41. The van der Waals surface area contributed by atoms with Gasteiger partial charge in [-0.1, -0.05) is 17.7 Å². The molecule has 10 heteroatoms. The number of nitriles is 1. The number of alkyl halides is 2. The largest absolute Gasteiger partial charge is 0.353 e. The first-order chi connectivity index (χ1) is 17.0. The van der Waals surface area contributed by atoms with Crippen LogP contribution in [0.3, 0.4) is 0 Å². The molecule has 6 rings (SSSR count). The quantitative estimate of drug-likeness (QED) is 0.398. The van der Waals surface area contributed by atoms with E-state index in [-0.39, 0.29) is 11.2 Å². The van der Waals surface area contributed by atoms with Gasteiger partial charge in [-0.25, -0.2) is 13.8 Å². The van der Waals surface area contributed by atoms with Crippen molar-refractivity contribution in [1.82, 2.24) is 24.5 Å². The van der Waals surface area contributed by atoms with Crippen molar-refractivity contribution in [3.05, 3.63) is 52.4 Å². The third-order valence-corrected chi connectivity index (χ3v) is 7.29. The Balaban J connectivity index is 1.59. The second kappa shape index (κ2) is 8.40. The predicted octanol–water partition coefficient (Wildman–Crippen LogP) is 5.00. The van der Waals surface area contributed by atoms with Crippen LogP contribution in [0.15, 0.2) is 30.5 Å². The van der Waals surface area contributed by atoms with Crippen molar-refractivity contribution >= 4 is 34.0 Å². The topological polar surface area (TPSA) is 73.4 Å². The molecule has 0 bridgehead atoms. The lowest BCUT2D eigenvalue weighted by atomic mass is 9.98. The highest BCUT2D eigenvalue weighted by Gasteiger charge is 2.37. The normalized spacial score (nSPS) is 17.0. The Morgan fingerprint density at radius 2 is 1.94 bits per heavy atom. The lowest BCUT2D eigenvalue weighted by molar-refractivity contribution is 0.145. The van der Waals surface area contributed by atoms with Gasteiger partial charge >= 0.3 is 0 Å². The maximum Gasteiger partial charge on any atom is 0.283 e. The minimum absolute atomic E-state index is 0.157. The van der Waals surface area contributed by atoms with Gasteiger partial charge in [-0.15, -0.1) is 0 Å². The molecule has 0 atom stereocenters. The van der Waals surface area contributed by atoms with E-state index in [9.17, 15) is 14.0 Å². The van der Waals surface area contributed by atoms with Crippen LogP contribution in [-0.2, 0) is 0 Å². The van der Waals surface area contributed by atoms with Crippen molar-refractivity contribution in [2.24, 2.45) is 0 Å². The second-order valence-corrected chi connectivity index (χ2v) is 9.56. The van der Waals surface area contributed by atoms with Crippen molar-refractivity contribution < 1.29 is 8.78 Å². The van der Waals surface area contributed by atoms with Gasteiger partial charge in [0.05, 0.1) is 11.2 Å². The molecule has 7 nitrogen and oxygen atoms in total. The zero-order valence-corrected chi connectivity index (χ0v) is 19.8. The van der Waals surface area contributed by atoms with Crippen LogP contribution >= 0.6 is 11.6 Å². The van der Waals surface area contributed by atoms with Gasteiger partial charge in [-0.05, 0) is 56.6 Å². The molecule has 5 heterocycles. The van der Waals surface area contributed by atoms with Gasteiger partial charge in [0.25, 0.3) is 6.43 Å². The van der Waals surface area contributed by atoms with Gasteiger partial charge in [0.15, 0.2) is 5.65 Å². The van der Waals surface area contributed by atoms with Gasteiger partial charge in [0, 0.05) is 41.3 Å². The Morgan fingerprint density at radius 1 is 1.17 bits per heavy atom. The number of fused-ring (bicyclic) bond motifs is 2. The molecule has 0 radical (unpaired) electrons. The summed E-state index contributed by atoms with van der Waals surface area (Å²) >= 11 is 6.20. The van der Waals surface area contributed by atoms with Gasteiger partial charge in [0.1, 0.15) is 23.1 Å². The number of aryl methyl sites for hydroxylation is 1. The van der Waals surface area contributed by atoms with E-state index in [4.69, 9.17) is 11.6 Å². The SMILES string of the molecule is Cc1nc2c(C#N)c(C(F)F)nn2c(N2CC(N3CCCC3)C2)c1-c1ccnc2cc(Cl)ccc12. The molecule has 0 spiro atoms. The van der Waals surface area contributed by atoms with E-state index in [2.05, 4.69) is 24.9 Å². The summed E-state index contributed by atoms with van der Waals surface area (Å²) < 4.78 is 29.1. The zero-order valence-electron chi connectivity index (χ0n) is 19.0. The number of nitrogens with zero attached hydrogens (tertiary/aromatic N) is 7. The molecule has 0 aliphatic carbocycles. The molecule has 0 N–H and O–H groups in total. The number of benzene rings is 1. The molecule has 2 saturated heterocycles. The van der Waals surface area contributed by atoms with E-state index in [1.165, 1.54) is 17.4 Å². The van der Waals surface area contributed by atoms with E-state index >= 15 is 0 Å². The van der Waals surface area contributed by atoms with Crippen LogP contribution in [0.2, 0.25) is 5.02 Å². The van der Waals surface area contributed by atoms with E-state index in [0.29, 0.717) is 22.6 Å². The smallest absolute Gasteiger partial charge is 0.283 e. The highest BCUT2D eigenvalue weighted by molar-refractivity contribution is 6.31. The average molecular weight is 494 g/mol. The molecular weight excluding hydrogens is 472 g/mol. The lowest BCUT2D eigenvalue weighted by Gasteiger charge is -2.46. The third-order valence-electron chi connectivity index (χ3n) is 7.06. The Bertz CT molecular complexity index is 1500. The molecule has 2 aliphatic rings. The molecule has 35 heavy (non-hydrogen) atoms. The molecule has 3 aromatic heterocycles. The predicted molar refractivity (Wildman–Crippen MR) is 130 cm³/mol. The number of likely N-dealkylation sites (tertiary alicyclic amines) is 1. The molecule has 178 valence electrons. The lowest BCUT2D eigenvalue weighted by Crippen LogP contribution is -2.59. The summed E-state index contributed by atoms with van der Waals surface area (Å²) in [4.78, 5) is 13.7. The van der Waals surface area contributed by atoms with E-state index in [1.54, 1.807) is 18.3 Å². The second-order valence-electron chi connectivity index (χ2n) is 9.13. The fourth-order valence-corrected chi connectivity index (χ4v) is 5.50. The van der Waals surface area contributed by atoms with Crippen LogP contribution in [0.1, 0.15) is 36.2 Å². The first-order valence-electron chi connectivity index (χ1n) is 11.6. The standard InChI is InChI=1S/C25H22ClF2N7/c1-14-21(18-6-7-30-20-10-15(26)4-5-17(18)20)25(34-12-16(13-34)33-8-2-3-9-33)35-24(31-14)19(11-29)22(32-35)23(27)28/h4-7,10,16,23H,2-3,8-9,12-13H2,1H3. The van der Waals surface area contributed by atoms with E-state index < -0.39 is 12.1 Å². The van der Waals surface area contributed by atoms with Crippen LogP contribution in [0, 0.1) is 18.3 Å². The molecule has 1 aromatic carbocycles. The van der Waals surface area contributed by atoms with E-state index in [1.807, 2.05) is 25.1 Å². The summed E-state index contributed by atoms with van der Waals surface area (Å²) in [6, 6.07) is 9.71. The summed E-state index contributed by atoms with van der Waals surface area (Å²) in [5, 5.41) is 15.3. The molecule has 2 fully saturated rings. The third kappa shape index (κ3) is 3.51. The van der Waals surface area contributed by atoms with Crippen molar-refractivity contribution in [3.8, 4) is 17.2 Å². The van der Waals surface area contributed by atoms with Crippen molar-refractivity contribution in [2.45, 2.75) is 32.2 Å². The van der Waals surface area contributed by atoms with Gasteiger partial charge < -0.3 is 4.90 Å². The van der Waals surface area contributed by atoms with Crippen LogP contribution in [0.4, 0.5) is 14.6 Å². The number of rotatable bonds is 4. The average Bonchev–Trinajstić information content (AvgIpc) is 3.45. The summed E-state index contributed by atoms with van der Waals surface area (Å²) in [7, 11) is 0. The summed E-state index contributed by atoms with van der Waals surface area (Å²) in [5.74, 6) is 0.675. The number of hydrogen-bond acceptors (Lipinski definition) is 6. The molecule has 0 saturated carbocycles. The van der Waals surface area contributed by atoms with Gasteiger partial charge in [-0.2, -0.15) is 14.9 Å². The number of halogens is 3. The van der Waals surface area contributed by atoms with Crippen LogP contribution in [-0.4, -0.2) is 56.7 Å². The fourth-order valence-electron chi connectivity index (χ4n) is 5.33. The van der Waals surface area contributed by atoms with Gasteiger partial charge in [-0.3, -0.25) is 9.88 Å². The Kier molecular flexibility index (Phi) is 5.31. The number of aromatic nitrogens is 4. The maximum atomic E-state index is 13.8. The minimum Gasteiger partial charge on any atom is -0.353 e. The maximum absolute atomic E-state index is 13.8. The summed E-state index contributed by atoms with van der Waals surface area (Å²) in [6.45, 7) is 5.52. The monoisotopic (exact) mass is 493 g/mol. The summed E-state index contributed by atoms with van der Waals surface area (Å²) in [5.41, 5.74) is 2.46. The number of anilines is 1. The first-order valence-corrected chi connectivity index (χ1v) is 12.0. The van der Waals surface area contributed by atoms with Crippen molar-refractivity contribution in [3.63, 3.8) is 0 Å². The molecule has 4 aromatic rings. The van der Waals surface area contributed by atoms with Crippen LogP contribution in [0.25, 0.3) is 27.7 Å². The van der Waals surface area contributed by atoms with Crippen molar-refractivity contribution in [2.75, 3.05) is 31.1 Å². The molecule has 0 amide bonds. The van der Waals surface area contributed by atoms with Crippen LogP contribution in [0.5, 0.6) is 0 Å². The Labute approximate surface area is 205 Å². The molecule has 0 unspecified atom stereocenters. The highest BCUT2D eigenvalue weighted by atomic mass is 35.5. The molecule has 2 aliphatic heterocycles. The van der Waals surface area contributed by atoms with E-state index in [0.717, 1.165) is 48.2 Å². The Morgan fingerprint density at radius 3 is 2.66 bits per heavy atom. The zero-order chi connectivity index (χ0) is 24.3. The summed E-state index contributed by atoms with van der Waals surface area (Å²) in [6.07, 6.45) is 1.24. The number of pyridine rings is 1. The van der Waals surface area contributed by atoms with Crippen LogP contribution < -0.4 is 4.90 Å². The fraction of sp³-hybridized carbons (Fsp3) is 0.360. The Hall–Kier alpha value is -3.35.